The highest BCUT2D eigenvalue weighted by Crippen LogP contribution is 2.36. The fourth-order valence-corrected chi connectivity index (χ4v) is 4.98. The molecule has 2 saturated heterocycles. The fraction of sp³-hybridized carbons (Fsp3) is 0.458. The number of pyridine rings is 1. The lowest BCUT2D eigenvalue weighted by atomic mass is 9.95. The van der Waals surface area contributed by atoms with Crippen molar-refractivity contribution in [1.29, 1.82) is 5.26 Å². The van der Waals surface area contributed by atoms with E-state index in [-0.39, 0.29) is 24.7 Å². The molecule has 4 atom stereocenters. The Labute approximate surface area is 187 Å². The van der Waals surface area contributed by atoms with Crippen LogP contribution in [0.1, 0.15) is 30.4 Å². The first-order valence-corrected chi connectivity index (χ1v) is 11.0. The van der Waals surface area contributed by atoms with Crippen molar-refractivity contribution in [3.63, 3.8) is 0 Å². The summed E-state index contributed by atoms with van der Waals surface area (Å²) in [5.74, 6) is 0.608. The lowest BCUT2D eigenvalue weighted by Gasteiger charge is -2.46. The number of carboxylic acid groups (broad SMARTS) is 1. The van der Waals surface area contributed by atoms with Crippen molar-refractivity contribution in [1.82, 2.24) is 14.8 Å². The molecule has 8 heteroatoms. The van der Waals surface area contributed by atoms with Crippen molar-refractivity contribution in [2.45, 2.75) is 49.9 Å². The number of benzene rings is 1. The third-order valence-corrected chi connectivity index (χ3v) is 6.51. The highest BCUT2D eigenvalue weighted by molar-refractivity contribution is 5.66. The summed E-state index contributed by atoms with van der Waals surface area (Å²) in [6, 6.07) is 12.9. The highest BCUT2D eigenvalue weighted by atomic mass is 16.5. The molecule has 2 aromatic rings. The molecule has 2 aliphatic rings. The van der Waals surface area contributed by atoms with Gasteiger partial charge in [0.05, 0.1) is 17.7 Å². The minimum Gasteiger partial charge on any atom is -0.491 e. The molecule has 1 amide bonds. The smallest absolute Gasteiger partial charge is 0.407 e. The van der Waals surface area contributed by atoms with Crippen LogP contribution in [0, 0.1) is 11.3 Å². The third kappa shape index (κ3) is 5.01. The van der Waals surface area contributed by atoms with Gasteiger partial charge in [0.25, 0.3) is 0 Å². The monoisotopic (exact) mass is 436 g/mol. The predicted octanol–water partition coefficient (Wildman–Crippen LogP) is 2.52. The Morgan fingerprint density at radius 2 is 1.97 bits per heavy atom. The van der Waals surface area contributed by atoms with Gasteiger partial charge in [-0.15, -0.1) is 0 Å². The Morgan fingerprint density at radius 3 is 2.66 bits per heavy atom. The van der Waals surface area contributed by atoms with E-state index < -0.39 is 12.2 Å². The zero-order valence-electron chi connectivity index (χ0n) is 17.9. The number of nitriles is 1. The molecular formula is C24H28N4O4. The molecule has 4 rings (SSSR count). The van der Waals surface area contributed by atoms with Crippen LogP contribution >= 0.6 is 0 Å². The molecule has 2 N–H and O–H groups in total. The van der Waals surface area contributed by atoms with Gasteiger partial charge in [-0.1, -0.05) is 0 Å². The molecule has 2 fully saturated rings. The van der Waals surface area contributed by atoms with Gasteiger partial charge in [0, 0.05) is 37.6 Å². The highest BCUT2D eigenvalue weighted by Gasteiger charge is 2.47. The van der Waals surface area contributed by atoms with Crippen LogP contribution in [0.5, 0.6) is 5.75 Å². The first-order valence-electron chi connectivity index (χ1n) is 11.0. The summed E-state index contributed by atoms with van der Waals surface area (Å²) in [6.07, 6.45) is 5.35. The number of ether oxygens (including phenoxy) is 1. The quantitative estimate of drug-likeness (QED) is 0.654. The van der Waals surface area contributed by atoms with E-state index in [0.717, 1.165) is 31.2 Å². The van der Waals surface area contributed by atoms with Crippen LogP contribution in [-0.4, -0.2) is 75.0 Å². The van der Waals surface area contributed by atoms with E-state index in [1.807, 2.05) is 12.1 Å². The lowest BCUT2D eigenvalue weighted by Crippen LogP contribution is -2.62. The number of nitrogens with zero attached hydrogens (tertiary/aromatic N) is 4. The second kappa shape index (κ2) is 9.98. The number of aliphatic hydroxyl groups is 1. The van der Waals surface area contributed by atoms with E-state index >= 15 is 0 Å². The Bertz CT molecular complexity index is 947. The van der Waals surface area contributed by atoms with Gasteiger partial charge in [0.1, 0.15) is 18.5 Å². The van der Waals surface area contributed by atoms with Crippen LogP contribution in [0.4, 0.5) is 4.79 Å². The van der Waals surface area contributed by atoms with Crippen molar-refractivity contribution in [3.8, 4) is 11.8 Å². The molecule has 0 saturated carbocycles. The van der Waals surface area contributed by atoms with E-state index in [0.29, 0.717) is 24.4 Å². The van der Waals surface area contributed by atoms with Crippen LogP contribution < -0.4 is 4.74 Å². The van der Waals surface area contributed by atoms with Gasteiger partial charge in [0.15, 0.2) is 0 Å². The molecule has 0 radical (unpaired) electrons. The minimum atomic E-state index is -0.869. The summed E-state index contributed by atoms with van der Waals surface area (Å²) in [7, 11) is 0. The molecule has 1 aromatic heterocycles. The number of hydrogen-bond donors (Lipinski definition) is 2. The van der Waals surface area contributed by atoms with E-state index in [1.54, 1.807) is 41.6 Å². The van der Waals surface area contributed by atoms with Crippen LogP contribution in [0.25, 0.3) is 0 Å². The van der Waals surface area contributed by atoms with Gasteiger partial charge < -0.3 is 19.8 Å². The van der Waals surface area contributed by atoms with Gasteiger partial charge in [-0.2, -0.15) is 5.26 Å². The fourth-order valence-electron chi connectivity index (χ4n) is 4.98. The standard InChI is InChI=1S/C24H28N4O4/c25-13-18-1-5-21(6-2-18)32-16-20(29)15-27-19-4-8-22(27)23(28(14-19)24(30)31)7-3-17-9-11-26-12-10-17/h1-2,5-6,9-12,19-20,22-23,29H,3-4,7-8,14-16H2,(H,30,31). The summed E-state index contributed by atoms with van der Waals surface area (Å²) in [5, 5.41) is 29.3. The molecule has 4 unspecified atom stereocenters. The maximum atomic E-state index is 11.9. The van der Waals surface area contributed by atoms with E-state index in [2.05, 4.69) is 16.0 Å². The Kier molecular flexibility index (Phi) is 6.88. The number of piperazine rings is 1. The number of carbonyl (C=O) groups is 1. The molecule has 0 aliphatic carbocycles. The van der Waals surface area contributed by atoms with Crippen molar-refractivity contribution in [2.75, 3.05) is 19.7 Å². The molecule has 3 heterocycles. The second-order valence-corrected chi connectivity index (χ2v) is 8.49. The Hall–Kier alpha value is -3.15. The molecule has 2 bridgehead atoms. The molecule has 0 spiro atoms. The third-order valence-electron chi connectivity index (χ3n) is 6.51. The number of hydrogen-bond acceptors (Lipinski definition) is 6. The van der Waals surface area contributed by atoms with Gasteiger partial charge in [-0.05, 0) is 67.6 Å². The first kappa shape index (κ1) is 22.1. The minimum absolute atomic E-state index is 0.0937. The number of amides is 1. The second-order valence-electron chi connectivity index (χ2n) is 8.49. The van der Waals surface area contributed by atoms with Crippen molar-refractivity contribution in [3.05, 3.63) is 59.9 Å². The molecule has 32 heavy (non-hydrogen) atoms. The van der Waals surface area contributed by atoms with Gasteiger partial charge in [-0.3, -0.25) is 9.88 Å². The van der Waals surface area contributed by atoms with Crippen LogP contribution in [-0.2, 0) is 6.42 Å². The zero-order valence-corrected chi connectivity index (χ0v) is 17.9. The van der Waals surface area contributed by atoms with E-state index in [1.165, 1.54) is 0 Å². The van der Waals surface area contributed by atoms with Crippen LogP contribution in [0.2, 0.25) is 0 Å². The number of aryl methyl sites for hydroxylation is 1. The van der Waals surface area contributed by atoms with Crippen molar-refractivity contribution < 1.29 is 19.7 Å². The summed E-state index contributed by atoms with van der Waals surface area (Å²) >= 11 is 0. The molecule has 168 valence electrons. The molecular weight excluding hydrogens is 408 g/mol. The number of rotatable bonds is 8. The summed E-state index contributed by atoms with van der Waals surface area (Å²) < 4.78 is 5.69. The van der Waals surface area contributed by atoms with E-state index in [4.69, 9.17) is 10.00 Å². The van der Waals surface area contributed by atoms with Crippen molar-refractivity contribution >= 4 is 6.09 Å². The van der Waals surface area contributed by atoms with Gasteiger partial charge >= 0.3 is 6.09 Å². The molecule has 2 aliphatic heterocycles. The predicted molar refractivity (Wildman–Crippen MR) is 117 cm³/mol. The maximum absolute atomic E-state index is 11.9. The summed E-state index contributed by atoms with van der Waals surface area (Å²) in [5.41, 5.74) is 1.71. The van der Waals surface area contributed by atoms with Crippen LogP contribution in [0.3, 0.4) is 0 Å². The lowest BCUT2D eigenvalue weighted by molar-refractivity contribution is -0.0141. The van der Waals surface area contributed by atoms with Gasteiger partial charge in [0.2, 0.25) is 0 Å². The Morgan fingerprint density at radius 1 is 1.22 bits per heavy atom. The zero-order chi connectivity index (χ0) is 22.5. The van der Waals surface area contributed by atoms with Crippen molar-refractivity contribution in [2.24, 2.45) is 0 Å². The maximum Gasteiger partial charge on any atom is 0.407 e. The van der Waals surface area contributed by atoms with Crippen LogP contribution in [0.15, 0.2) is 48.8 Å². The number of aromatic nitrogens is 1. The first-order chi connectivity index (χ1) is 15.5. The largest absolute Gasteiger partial charge is 0.491 e. The SMILES string of the molecule is N#Cc1ccc(OCC(O)CN2C3CCC2C(CCc2ccncc2)N(C(=O)O)C3)cc1. The average molecular weight is 437 g/mol. The summed E-state index contributed by atoms with van der Waals surface area (Å²) in [4.78, 5) is 19.9. The topological polar surface area (TPSA) is 110 Å². The molecule has 1 aromatic carbocycles. The van der Waals surface area contributed by atoms with Gasteiger partial charge in [-0.25, -0.2) is 4.79 Å². The Balaban J connectivity index is 1.37. The molecule has 8 nitrogen and oxygen atoms in total. The normalized spacial score (nSPS) is 23.5. The average Bonchev–Trinajstić information content (AvgIpc) is 3.08. The van der Waals surface area contributed by atoms with E-state index in [9.17, 15) is 15.0 Å². The summed E-state index contributed by atoms with van der Waals surface area (Å²) in [6.45, 7) is 1.06. The number of fused-ring (bicyclic) bond motifs is 2. The number of likely N-dealkylation sites (tertiary alicyclic amines) is 1. The number of aliphatic hydroxyl groups excluding tert-OH is 1.